The van der Waals surface area contributed by atoms with Gasteiger partial charge in [0.05, 0.1) is 12.2 Å². The molecule has 0 radical (unpaired) electrons. The van der Waals surface area contributed by atoms with Crippen molar-refractivity contribution in [2.75, 3.05) is 26.4 Å². The maximum atomic E-state index is 6.19. The predicted octanol–water partition coefficient (Wildman–Crippen LogP) is 2.35. The third kappa shape index (κ3) is 3.43. The number of ether oxygens (including phenoxy) is 2. The third-order valence-electron chi connectivity index (χ3n) is 4.11. The molecule has 17 heavy (non-hydrogen) atoms. The predicted molar refractivity (Wildman–Crippen MR) is 69.2 cm³/mol. The summed E-state index contributed by atoms with van der Waals surface area (Å²) in [6, 6.07) is 0.528. The smallest absolute Gasteiger partial charge is 0.0858 e. The van der Waals surface area contributed by atoms with Gasteiger partial charge in [-0.1, -0.05) is 13.8 Å². The second-order valence-electron chi connectivity index (χ2n) is 5.86. The minimum Gasteiger partial charge on any atom is -0.381 e. The zero-order valence-electron chi connectivity index (χ0n) is 11.3. The first-order valence-corrected chi connectivity index (χ1v) is 7.18. The molecule has 3 heteroatoms. The first-order valence-electron chi connectivity index (χ1n) is 7.18. The Hall–Kier alpha value is -0.120. The van der Waals surface area contributed by atoms with Gasteiger partial charge in [-0.15, -0.1) is 0 Å². The lowest BCUT2D eigenvalue weighted by Crippen LogP contribution is -2.58. The molecular formula is C14H27NO2. The van der Waals surface area contributed by atoms with Crippen LogP contribution in [0, 0.1) is 5.92 Å². The van der Waals surface area contributed by atoms with Crippen molar-refractivity contribution in [2.45, 2.75) is 57.6 Å². The Balaban J connectivity index is 1.98. The van der Waals surface area contributed by atoms with Gasteiger partial charge in [-0.3, -0.25) is 0 Å². The Kier molecular flexibility index (Phi) is 4.83. The highest BCUT2D eigenvalue weighted by atomic mass is 16.5. The summed E-state index contributed by atoms with van der Waals surface area (Å²) in [6.45, 7) is 8.23. The molecule has 1 N–H and O–H groups in total. The van der Waals surface area contributed by atoms with Crippen LogP contribution >= 0.6 is 0 Å². The van der Waals surface area contributed by atoms with Crippen molar-refractivity contribution in [3.8, 4) is 0 Å². The lowest BCUT2D eigenvalue weighted by atomic mass is 9.82. The average Bonchev–Trinajstić information content (AvgIpc) is 2.54. The fourth-order valence-corrected chi connectivity index (χ4v) is 3.08. The third-order valence-corrected chi connectivity index (χ3v) is 4.11. The summed E-state index contributed by atoms with van der Waals surface area (Å²) in [6.07, 6.45) is 5.87. The molecule has 2 rings (SSSR count). The molecule has 100 valence electrons. The molecule has 3 nitrogen and oxygen atoms in total. The Bertz CT molecular complexity index is 222. The molecule has 2 atom stereocenters. The Morgan fingerprint density at radius 3 is 2.94 bits per heavy atom. The Labute approximate surface area is 105 Å². The van der Waals surface area contributed by atoms with E-state index in [1.165, 1.54) is 12.8 Å². The van der Waals surface area contributed by atoms with Crippen LogP contribution in [0.2, 0.25) is 0 Å². The zero-order valence-corrected chi connectivity index (χ0v) is 11.3. The van der Waals surface area contributed by atoms with Crippen molar-refractivity contribution in [2.24, 2.45) is 5.92 Å². The van der Waals surface area contributed by atoms with Crippen LogP contribution < -0.4 is 5.32 Å². The number of rotatable bonds is 3. The van der Waals surface area contributed by atoms with Gasteiger partial charge in [0.15, 0.2) is 0 Å². The second kappa shape index (κ2) is 6.17. The van der Waals surface area contributed by atoms with Gasteiger partial charge in [-0.05, 0) is 31.6 Å². The van der Waals surface area contributed by atoms with Crippen LogP contribution in [-0.2, 0) is 9.47 Å². The summed E-state index contributed by atoms with van der Waals surface area (Å²) in [4.78, 5) is 0. The summed E-state index contributed by atoms with van der Waals surface area (Å²) in [5.41, 5.74) is 0.0592. The molecule has 0 amide bonds. The molecule has 0 aromatic rings. The molecule has 2 heterocycles. The minimum absolute atomic E-state index is 0.0592. The summed E-state index contributed by atoms with van der Waals surface area (Å²) in [5, 5.41) is 3.68. The first-order chi connectivity index (χ1) is 8.23. The van der Waals surface area contributed by atoms with E-state index in [2.05, 4.69) is 19.2 Å². The topological polar surface area (TPSA) is 30.5 Å². The lowest BCUT2D eigenvalue weighted by Gasteiger charge is -2.44. The summed E-state index contributed by atoms with van der Waals surface area (Å²) in [7, 11) is 0. The van der Waals surface area contributed by atoms with Crippen molar-refractivity contribution in [1.82, 2.24) is 5.32 Å². The average molecular weight is 241 g/mol. The molecule has 0 aliphatic carbocycles. The Morgan fingerprint density at radius 2 is 2.12 bits per heavy atom. The van der Waals surface area contributed by atoms with Gasteiger partial charge in [0.25, 0.3) is 0 Å². The normalized spacial score (nSPS) is 35.1. The minimum atomic E-state index is 0.0592. The summed E-state index contributed by atoms with van der Waals surface area (Å²) < 4.78 is 11.8. The van der Waals surface area contributed by atoms with E-state index in [1.54, 1.807) is 0 Å². The van der Waals surface area contributed by atoms with E-state index in [-0.39, 0.29) is 5.60 Å². The highest BCUT2D eigenvalue weighted by Gasteiger charge is 2.41. The largest absolute Gasteiger partial charge is 0.381 e. The molecule has 2 unspecified atom stereocenters. The highest BCUT2D eigenvalue weighted by molar-refractivity contribution is 4.96. The lowest BCUT2D eigenvalue weighted by molar-refractivity contribution is -0.109. The molecule has 0 saturated carbocycles. The van der Waals surface area contributed by atoms with Crippen LogP contribution in [0.4, 0.5) is 0 Å². The quantitative estimate of drug-likeness (QED) is 0.823. The van der Waals surface area contributed by atoms with E-state index in [0.717, 1.165) is 51.5 Å². The van der Waals surface area contributed by atoms with E-state index < -0.39 is 0 Å². The van der Waals surface area contributed by atoms with Crippen molar-refractivity contribution in [3.05, 3.63) is 0 Å². The van der Waals surface area contributed by atoms with Gasteiger partial charge in [-0.2, -0.15) is 0 Å². The summed E-state index contributed by atoms with van der Waals surface area (Å²) >= 11 is 0. The van der Waals surface area contributed by atoms with Crippen LogP contribution in [0.25, 0.3) is 0 Å². The van der Waals surface area contributed by atoms with E-state index in [9.17, 15) is 0 Å². The number of hydrogen-bond acceptors (Lipinski definition) is 3. The van der Waals surface area contributed by atoms with Crippen LogP contribution in [-0.4, -0.2) is 38.0 Å². The van der Waals surface area contributed by atoms with Gasteiger partial charge >= 0.3 is 0 Å². The molecule has 2 aliphatic rings. The van der Waals surface area contributed by atoms with E-state index in [1.807, 2.05) is 0 Å². The van der Waals surface area contributed by atoms with Crippen molar-refractivity contribution < 1.29 is 9.47 Å². The van der Waals surface area contributed by atoms with Gasteiger partial charge in [0, 0.05) is 32.2 Å². The molecule has 2 fully saturated rings. The van der Waals surface area contributed by atoms with Gasteiger partial charge in [0.2, 0.25) is 0 Å². The van der Waals surface area contributed by atoms with Crippen LogP contribution in [0.5, 0.6) is 0 Å². The monoisotopic (exact) mass is 241 g/mol. The van der Waals surface area contributed by atoms with Crippen molar-refractivity contribution in [1.29, 1.82) is 0 Å². The summed E-state index contributed by atoms with van der Waals surface area (Å²) in [5.74, 6) is 0.776. The second-order valence-corrected chi connectivity index (χ2v) is 5.86. The van der Waals surface area contributed by atoms with E-state index >= 15 is 0 Å². The molecule has 1 spiro atoms. The fourth-order valence-electron chi connectivity index (χ4n) is 3.08. The van der Waals surface area contributed by atoms with Gasteiger partial charge in [-0.25, -0.2) is 0 Å². The maximum Gasteiger partial charge on any atom is 0.0858 e. The standard InChI is InChI=1S/C14H27NO2/c1-12(2)4-5-13-14(17-11-8-15-13)6-3-9-16-10-7-14/h12-13,15H,3-11H2,1-2H3. The van der Waals surface area contributed by atoms with Crippen LogP contribution in [0.15, 0.2) is 0 Å². The zero-order chi connectivity index (χ0) is 12.1. The van der Waals surface area contributed by atoms with Crippen molar-refractivity contribution >= 4 is 0 Å². The van der Waals surface area contributed by atoms with E-state index in [0.29, 0.717) is 6.04 Å². The number of hydrogen-bond donors (Lipinski definition) is 1. The van der Waals surface area contributed by atoms with Crippen LogP contribution in [0.3, 0.4) is 0 Å². The fraction of sp³-hybridized carbons (Fsp3) is 1.00. The first kappa shape index (κ1) is 13.3. The molecular weight excluding hydrogens is 214 g/mol. The number of morpholine rings is 1. The number of nitrogens with one attached hydrogen (secondary N) is 1. The van der Waals surface area contributed by atoms with E-state index in [4.69, 9.17) is 9.47 Å². The molecule has 0 aromatic heterocycles. The van der Waals surface area contributed by atoms with Gasteiger partial charge in [0.1, 0.15) is 0 Å². The molecule has 0 aromatic carbocycles. The van der Waals surface area contributed by atoms with Gasteiger partial charge < -0.3 is 14.8 Å². The Morgan fingerprint density at radius 1 is 1.24 bits per heavy atom. The maximum absolute atomic E-state index is 6.19. The molecule has 2 aliphatic heterocycles. The molecule has 0 bridgehead atoms. The SMILES string of the molecule is CC(C)CCC1NCCOC12CCCOCC2. The van der Waals surface area contributed by atoms with Crippen molar-refractivity contribution in [3.63, 3.8) is 0 Å². The molecule has 2 saturated heterocycles. The van der Waals surface area contributed by atoms with Crippen LogP contribution in [0.1, 0.15) is 46.0 Å². The highest BCUT2D eigenvalue weighted by Crippen LogP contribution is 2.33.